The number of aryl methyl sites for hydroxylation is 1. The molecule has 0 saturated heterocycles. The van der Waals surface area contributed by atoms with Gasteiger partial charge < -0.3 is 5.32 Å². The molecule has 1 amide bonds. The van der Waals surface area contributed by atoms with Crippen LogP contribution >= 0.6 is 11.3 Å². The lowest BCUT2D eigenvalue weighted by atomic mass is 9.86. The van der Waals surface area contributed by atoms with Crippen molar-refractivity contribution < 1.29 is 4.79 Å². The minimum atomic E-state index is -0.0647. The lowest BCUT2D eigenvalue weighted by molar-refractivity contribution is -0.122. The zero-order valence-electron chi connectivity index (χ0n) is 12.7. The Hall–Kier alpha value is -1.69. The third kappa shape index (κ3) is 3.21. The zero-order chi connectivity index (χ0) is 15.5. The Morgan fingerprint density at radius 3 is 3.09 bits per heavy atom. The molecule has 2 atom stereocenters. The fraction of sp³-hybridized carbons (Fsp3) is 0.562. The number of carbonyl (C=O) groups excluding carboxylic acids is 1. The molecular formula is C16H21N3O2S. The first kappa shape index (κ1) is 15.2. The van der Waals surface area contributed by atoms with Gasteiger partial charge in [0.1, 0.15) is 4.83 Å². The van der Waals surface area contributed by atoms with Gasteiger partial charge in [0.25, 0.3) is 5.56 Å². The molecule has 22 heavy (non-hydrogen) atoms. The summed E-state index contributed by atoms with van der Waals surface area (Å²) in [6.07, 6.45) is 6.55. The van der Waals surface area contributed by atoms with Crippen molar-refractivity contribution in [2.24, 2.45) is 5.92 Å². The van der Waals surface area contributed by atoms with E-state index < -0.39 is 0 Å². The fourth-order valence-corrected chi connectivity index (χ4v) is 3.81. The Labute approximate surface area is 133 Å². The SMILES string of the molecule is C[C@@H]1CCCC[C@@H]1NC(=O)CCn1cnc2sccc2c1=O. The monoisotopic (exact) mass is 319 g/mol. The molecule has 0 bridgehead atoms. The van der Waals surface area contributed by atoms with E-state index >= 15 is 0 Å². The molecule has 1 fully saturated rings. The highest BCUT2D eigenvalue weighted by molar-refractivity contribution is 7.16. The van der Waals surface area contributed by atoms with E-state index in [2.05, 4.69) is 17.2 Å². The molecular weight excluding hydrogens is 298 g/mol. The van der Waals surface area contributed by atoms with Crippen LogP contribution in [0.4, 0.5) is 0 Å². The average molecular weight is 319 g/mol. The third-order valence-electron chi connectivity index (χ3n) is 4.49. The molecule has 5 nitrogen and oxygen atoms in total. The van der Waals surface area contributed by atoms with Gasteiger partial charge in [-0.05, 0) is 30.2 Å². The summed E-state index contributed by atoms with van der Waals surface area (Å²) in [7, 11) is 0. The number of amides is 1. The second-order valence-electron chi connectivity index (χ2n) is 6.07. The van der Waals surface area contributed by atoms with E-state index in [0.29, 0.717) is 24.3 Å². The van der Waals surface area contributed by atoms with Crippen LogP contribution in [0.25, 0.3) is 10.2 Å². The molecule has 0 unspecified atom stereocenters. The summed E-state index contributed by atoms with van der Waals surface area (Å²) >= 11 is 1.45. The van der Waals surface area contributed by atoms with Gasteiger partial charge in [0.2, 0.25) is 5.91 Å². The van der Waals surface area contributed by atoms with E-state index in [1.54, 1.807) is 6.07 Å². The van der Waals surface area contributed by atoms with Crippen molar-refractivity contribution in [1.29, 1.82) is 0 Å². The third-order valence-corrected chi connectivity index (χ3v) is 5.31. The smallest absolute Gasteiger partial charge is 0.262 e. The molecule has 3 rings (SSSR count). The van der Waals surface area contributed by atoms with Crippen LogP contribution < -0.4 is 10.9 Å². The van der Waals surface area contributed by atoms with Gasteiger partial charge in [-0.25, -0.2) is 4.98 Å². The van der Waals surface area contributed by atoms with E-state index in [-0.39, 0.29) is 17.5 Å². The van der Waals surface area contributed by atoms with Crippen molar-refractivity contribution in [2.75, 3.05) is 0 Å². The minimum Gasteiger partial charge on any atom is -0.353 e. The van der Waals surface area contributed by atoms with Gasteiger partial charge in [-0.3, -0.25) is 14.2 Å². The number of thiophene rings is 1. The van der Waals surface area contributed by atoms with Crippen LogP contribution in [0, 0.1) is 5.92 Å². The second-order valence-corrected chi connectivity index (χ2v) is 6.96. The number of carbonyl (C=O) groups is 1. The largest absolute Gasteiger partial charge is 0.353 e. The highest BCUT2D eigenvalue weighted by atomic mass is 32.1. The number of aromatic nitrogens is 2. The number of nitrogens with one attached hydrogen (secondary N) is 1. The van der Waals surface area contributed by atoms with Crippen molar-refractivity contribution >= 4 is 27.5 Å². The van der Waals surface area contributed by atoms with Crippen LogP contribution in [-0.2, 0) is 11.3 Å². The molecule has 2 heterocycles. The molecule has 1 aliphatic carbocycles. The number of hydrogen-bond acceptors (Lipinski definition) is 4. The summed E-state index contributed by atoms with van der Waals surface area (Å²) in [5, 5.41) is 5.61. The van der Waals surface area contributed by atoms with Crippen molar-refractivity contribution in [3.63, 3.8) is 0 Å². The summed E-state index contributed by atoms with van der Waals surface area (Å²) in [5.74, 6) is 0.570. The molecule has 1 N–H and O–H groups in total. The fourth-order valence-electron chi connectivity index (χ4n) is 3.08. The van der Waals surface area contributed by atoms with E-state index in [9.17, 15) is 9.59 Å². The quantitative estimate of drug-likeness (QED) is 0.942. The Morgan fingerprint density at radius 2 is 2.27 bits per heavy atom. The van der Waals surface area contributed by atoms with Gasteiger partial charge in [-0.15, -0.1) is 11.3 Å². The van der Waals surface area contributed by atoms with Crippen molar-refractivity contribution in [1.82, 2.24) is 14.9 Å². The molecule has 2 aromatic heterocycles. The van der Waals surface area contributed by atoms with Crippen LogP contribution in [0.15, 0.2) is 22.6 Å². The van der Waals surface area contributed by atoms with Crippen LogP contribution in [0.3, 0.4) is 0 Å². The zero-order valence-corrected chi connectivity index (χ0v) is 13.6. The predicted octanol–water partition coefficient (Wildman–Crippen LogP) is 2.54. The highest BCUT2D eigenvalue weighted by Crippen LogP contribution is 2.23. The Balaban J connectivity index is 1.60. The van der Waals surface area contributed by atoms with Crippen LogP contribution in [0.2, 0.25) is 0 Å². The Morgan fingerprint density at radius 1 is 1.45 bits per heavy atom. The normalized spacial score (nSPS) is 21.9. The van der Waals surface area contributed by atoms with Gasteiger partial charge in [0.15, 0.2) is 0 Å². The van der Waals surface area contributed by atoms with E-state index in [0.717, 1.165) is 11.3 Å². The first-order chi connectivity index (χ1) is 10.6. The molecule has 1 saturated carbocycles. The average Bonchev–Trinajstić information content (AvgIpc) is 2.98. The summed E-state index contributed by atoms with van der Waals surface area (Å²) < 4.78 is 1.53. The maximum absolute atomic E-state index is 12.2. The van der Waals surface area contributed by atoms with Crippen molar-refractivity contribution in [2.45, 2.75) is 51.6 Å². The van der Waals surface area contributed by atoms with E-state index in [1.165, 1.54) is 41.5 Å². The number of fused-ring (bicyclic) bond motifs is 1. The standard InChI is InChI=1S/C16H21N3O2S/c1-11-4-2-3-5-13(11)18-14(20)6-8-19-10-17-15-12(16(19)21)7-9-22-15/h7,9-11,13H,2-6,8H2,1H3,(H,18,20)/t11-,13+/m1/s1. The highest BCUT2D eigenvalue weighted by Gasteiger charge is 2.22. The Bertz CT molecular complexity index is 721. The van der Waals surface area contributed by atoms with Gasteiger partial charge in [-0.2, -0.15) is 0 Å². The second kappa shape index (κ2) is 6.60. The van der Waals surface area contributed by atoms with Gasteiger partial charge in [0.05, 0.1) is 11.7 Å². The molecule has 1 aliphatic rings. The van der Waals surface area contributed by atoms with Crippen LogP contribution in [-0.4, -0.2) is 21.5 Å². The van der Waals surface area contributed by atoms with Crippen molar-refractivity contribution in [3.8, 4) is 0 Å². The van der Waals surface area contributed by atoms with E-state index in [1.807, 2.05) is 5.38 Å². The summed E-state index contributed by atoms with van der Waals surface area (Å²) in [6, 6.07) is 2.07. The molecule has 118 valence electrons. The number of nitrogens with zero attached hydrogens (tertiary/aromatic N) is 2. The lowest BCUT2D eigenvalue weighted by Gasteiger charge is -2.29. The Kier molecular flexibility index (Phi) is 4.57. The predicted molar refractivity (Wildman–Crippen MR) is 88.1 cm³/mol. The number of rotatable bonds is 4. The molecule has 0 aromatic carbocycles. The van der Waals surface area contributed by atoms with Gasteiger partial charge >= 0.3 is 0 Å². The first-order valence-corrected chi connectivity index (χ1v) is 8.75. The maximum atomic E-state index is 12.2. The summed E-state index contributed by atoms with van der Waals surface area (Å²) in [6.45, 7) is 2.58. The number of hydrogen-bond donors (Lipinski definition) is 1. The van der Waals surface area contributed by atoms with Crippen molar-refractivity contribution in [3.05, 3.63) is 28.1 Å². The molecule has 0 spiro atoms. The molecule has 0 aliphatic heterocycles. The van der Waals surface area contributed by atoms with Crippen LogP contribution in [0.1, 0.15) is 39.0 Å². The van der Waals surface area contributed by atoms with Gasteiger partial charge in [0, 0.05) is 19.0 Å². The lowest BCUT2D eigenvalue weighted by Crippen LogP contribution is -2.41. The van der Waals surface area contributed by atoms with Crippen LogP contribution in [0.5, 0.6) is 0 Å². The first-order valence-electron chi connectivity index (χ1n) is 7.87. The summed E-state index contributed by atoms with van der Waals surface area (Å²) in [5.41, 5.74) is -0.0647. The molecule has 2 aromatic rings. The minimum absolute atomic E-state index is 0.0241. The van der Waals surface area contributed by atoms with E-state index in [4.69, 9.17) is 0 Å². The molecule has 0 radical (unpaired) electrons. The molecule has 6 heteroatoms. The topological polar surface area (TPSA) is 64.0 Å². The summed E-state index contributed by atoms with van der Waals surface area (Å²) in [4.78, 5) is 29.4. The van der Waals surface area contributed by atoms with Gasteiger partial charge in [-0.1, -0.05) is 19.8 Å². The maximum Gasteiger partial charge on any atom is 0.262 e.